The highest BCUT2D eigenvalue weighted by molar-refractivity contribution is 6.31. The molecule has 2 rings (SSSR count). The van der Waals surface area contributed by atoms with Gasteiger partial charge in [-0.3, -0.25) is 0 Å². The molecule has 1 aliphatic rings. The molecule has 1 heterocycles. The van der Waals surface area contributed by atoms with Crippen molar-refractivity contribution in [3.63, 3.8) is 0 Å². The lowest BCUT2D eigenvalue weighted by Gasteiger charge is -2.32. The predicted molar refractivity (Wildman–Crippen MR) is 113 cm³/mol. The maximum Gasteiger partial charge on any atom is 0.336 e. The lowest BCUT2D eigenvalue weighted by atomic mass is 9.79. The summed E-state index contributed by atoms with van der Waals surface area (Å²) in [5.41, 5.74) is 8.40. The number of esters is 2. The Morgan fingerprint density at radius 1 is 1.14 bits per heavy atom. The molecule has 0 saturated heterocycles. The zero-order valence-corrected chi connectivity index (χ0v) is 18.0. The lowest BCUT2D eigenvalue weighted by Crippen LogP contribution is -2.33. The average molecular weight is 421 g/mol. The molecule has 0 aliphatic carbocycles. The lowest BCUT2D eigenvalue weighted by molar-refractivity contribution is -0.139. The van der Waals surface area contributed by atoms with E-state index in [2.05, 4.69) is 5.32 Å². The van der Waals surface area contributed by atoms with Crippen molar-refractivity contribution in [2.24, 2.45) is 5.73 Å². The minimum Gasteiger partial charge on any atom is -0.466 e. The van der Waals surface area contributed by atoms with Crippen molar-refractivity contribution in [2.75, 3.05) is 20.3 Å². The van der Waals surface area contributed by atoms with Gasteiger partial charge in [0.05, 0.1) is 30.8 Å². The Hall–Kier alpha value is -2.31. The zero-order chi connectivity index (χ0) is 21.4. The summed E-state index contributed by atoms with van der Waals surface area (Å²) >= 11 is 6.48. The number of dihydropyridines is 1. The molecule has 1 aromatic carbocycles. The molecule has 0 bridgehead atoms. The van der Waals surface area contributed by atoms with Crippen LogP contribution >= 0.6 is 11.6 Å². The Morgan fingerprint density at radius 3 is 2.48 bits per heavy atom. The average Bonchev–Trinajstić information content (AvgIpc) is 2.70. The highest BCUT2D eigenvalue weighted by Gasteiger charge is 2.39. The van der Waals surface area contributed by atoms with Crippen LogP contribution in [-0.2, 0) is 19.1 Å². The molecular formula is C22H29ClN2O4. The monoisotopic (exact) mass is 420 g/mol. The van der Waals surface area contributed by atoms with Crippen molar-refractivity contribution in [1.82, 2.24) is 5.32 Å². The third-order valence-corrected chi connectivity index (χ3v) is 5.24. The van der Waals surface area contributed by atoms with E-state index in [9.17, 15) is 9.59 Å². The molecule has 3 N–H and O–H groups in total. The van der Waals surface area contributed by atoms with Crippen LogP contribution in [-0.4, -0.2) is 32.2 Å². The van der Waals surface area contributed by atoms with E-state index < -0.39 is 17.9 Å². The van der Waals surface area contributed by atoms with E-state index >= 15 is 0 Å². The van der Waals surface area contributed by atoms with Crippen molar-refractivity contribution in [3.8, 4) is 0 Å². The maximum absolute atomic E-state index is 13.0. The van der Waals surface area contributed by atoms with Crippen LogP contribution in [0.15, 0.2) is 46.8 Å². The summed E-state index contributed by atoms with van der Waals surface area (Å²) in [7, 11) is 1.32. The third kappa shape index (κ3) is 5.40. The van der Waals surface area contributed by atoms with Crippen LogP contribution < -0.4 is 11.1 Å². The second-order valence-corrected chi connectivity index (χ2v) is 7.23. The van der Waals surface area contributed by atoms with Gasteiger partial charge in [0.1, 0.15) is 0 Å². The number of nitrogens with two attached hydrogens (primary N) is 1. The fourth-order valence-corrected chi connectivity index (χ4v) is 3.81. The molecule has 1 aromatic rings. The first-order valence-electron chi connectivity index (χ1n) is 9.86. The van der Waals surface area contributed by atoms with Crippen LogP contribution in [0.5, 0.6) is 0 Å². The van der Waals surface area contributed by atoms with E-state index in [0.29, 0.717) is 40.4 Å². The van der Waals surface area contributed by atoms with E-state index in [1.807, 2.05) is 18.2 Å². The molecule has 0 fully saturated rings. The standard InChI is InChI=1S/C22H29ClN2O4/c1-4-29-22(27)20-17(12-6-5-9-13-24)25-14(2)18(21(26)28-3)19(20)15-10-7-8-11-16(15)23/h7-8,10-11,19,25H,4-6,9,12-13,24H2,1-3H3/t19-/m1/s1. The SMILES string of the molecule is CCOC(=O)C1=C(CCCCCN)NC(C)=C(C(=O)OC)[C@H]1c1ccccc1Cl. The van der Waals surface area contributed by atoms with Gasteiger partial charge in [0.25, 0.3) is 0 Å². The summed E-state index contributed by atoms with van der Waals surface area (Å²) in [6, 6.07) is 7.20. The van der Waals surface area contributed by atoms with Gasteiger partial charge in [-0.25, -0.2) is 9.59 Å². The maximum atomic E-state index is 13.0. The fourth-order valence-electron chi connectivity index (χ4n) is 3.57. The van der Waals surface area contributed by atoms with Gasteiger partial charge in [-0.05, 0) is 51.3 Å². The topological polar surface area (TPSA) is 90.6 Å². The van der Waals surface area contributed by atoms with Gasteiger partial charge >= 0.3 is 11.9 Å². The van der Waals surface area contributed by atoms with Crippen molar-refractivity contribution < 1.29 is 19.1 Å². The number of halogens is 1. The molecule has 7 heteroatoms. The minimum absolute atomic E-state index is 0.230. The summed E-state index contributed by atoms with van der Waals surface area (Å²) < 4.78 is 10.4. The molecule has 29 heavy (non-hydrogen) atoms. The number of carbonyl (C=O) groups is 2. The molecule has 0 unspecified atom stereocenters. The molecule has 0 saturated carbocycles. The quantitative estimate of drug-likeness (QED) is 0.466. The number of carbonyl (C=O) groups excluding carboxylic acids is 2. The Labute approximate surface area is 177 Å². The normalized spacial score (nSPS) is 16.5. The van der Waals surface area contributed by atoms with E-state index in [1.165, 1.54) is 7.11 Å². The number of hydrogen-bond acceptors (Lipinski definition) is 6. The number of unbranched alkanes of at least 4 members (excludes halogenated alkanes) is 2. The van der Waals surface area contributed by atoms with E-state index in [1.54, 1.807) is 19.9 Å². The van der Waals surface area contributed by atoms with Crippen LogP contribution in [0.4, 0.5) is 0 Å². The van der Waals surface area contributed by atoms with Crippen molar-refractivity contribution in [3.05, 3.63) is 57.4 Å². The predicted octanol–water partition coefficient (Wildman–Crippen LogP) is 3.81. The Bertz CT molecular complexity index is 817. The number of hydrogen-bond donors (Lipinski definition) is 2. The smallest absolute Gasteiger partial charge is 0.336 e. The summed E-state index contributed by atoms with van der Waals surface area (Å²) in [6.45, 7) is 4.42. The summed E-state index contributed by atoms with van der Waals surface area (Å²) in [5, 5.41) is 3.72. The summed E-state index contributed by atoms with van der Waals surface area (Å²) in [5.74, 6) is -1.64. The van der Waals surface area contributed by atoms with Crippen LogP contribution in [0.3, 0.4) is 0 Å². The van der Waals surface area contributed by atoms with Crippen molar-refractivity contribution in [2.45, 2.75) is 45.4 Å². The molecule has 1 atom stereocenters. The number of benzene rings is 1. The van der Waals surface area contributed by atoms with Gasteiger partial charge in [0, 0.05) is 16.4 Å². The van der Waals surface area contributed by atoms with Gasteiger partial charge in [-0.2, -0.15) is 0 Å². The van der Waals surface area contributed by atoms with Gasteiger partial charge in [-0.15, -0.1) is 0 Å². The fraction of sp³-hybridized carbons (Fsp3) is 0.455. The number of ether oxygens (including phenoxy) is 2. The largest absolute Gasteiger partial charge is 0.466 e. The van der Waals surface area contributed by atoms with Crippen molar-refractivity contribution in [1.29, 1.82) is 0 Å². The molecule has 1 aliphatic heterocycles. The van der Waals surface area contributed by atoms with E-state index in [-0.39, 0.29) is 6.61 Å². The molecular weight excluding hydrogens is 392 g/mol. The van der Waals surface area contributed by atoms with Gasteiger partial charge in [-0.1, -0.05) is 36.2 Å². The molecule has 0 aromatic heterocycles. The zero-order valence-electron chi connectivity index (χ0n) is 17.2. The van der Waals surface area contributed by atoms with E-state index in [0.717, 1.165) is 25.0 Å². The second-order valence-electron chi connectivity index (χ2n) is 6.82. The molecule has 0 amide bonds. The first-order chi connectivity index (χ1) is 14.0. The summed E-state index contributed by atoms with van der Waals surface area (Å²) in [6.07, 6.45) is 3.36. The number of nitrogens with one attached hydrogen (secondary N) is 1. The van der Waals surface area contributed by atoms with Gasteiger partial charge in [0.15, 0.2) is 0 Å². The van der Waals surface area contributed by atoms with Gasteiger partial charge < -0.3 is 20.5 Å². The van der Waals surface area contributed by atoms with Crippen LogP contribution in [0.25, 0.3) is 0 Å². The van der Waals surface area contributed by atoms with Crippen LogP contribution in [0.1, 0.15) is 51.0 Å². The minimum atomic E-state index is -0.666. The van der Waals surface area contributed by atoms with Crippen LogP contribution in [0.2, 0.25) is 5.02 Å². The highest BCUT2D eigenvalue weighted by Crippen LogP contribution is 2.42. The Balaban J connectivity index is 2.62. The number of methoxy groups -OCH3 is 1. The molecule has 0 radical (unpaired) electrons. The van der Waals surface area contributed by atoms with E-state index in [4.69, 9.17) is 26.8 Å². The van der Waals surface area contributed by atoms with Gasteiger partial charge in [0.2, 0.25) is 0 Å². The molecule has 158 valence electrons. The highest BCUT2D eigenvalue weighted by atomic mass is 35.5. The first-order valence-corrected chi connectivity index (χ1v) is 10.2. The Kier molecular flexibility index (Phi) is 8.73. The second kappa shape index (κ2) is 11.0. The number of rotatable bonds is 9. The first kappa shape index (κ1) is 23.0. The molecule has 6 nitrogen and oxygen atoms in total. The summed E-state index contributed by atoms with van der Waals surface area (Å²) in [4.78, 5) is 25.7. The molecule has 0 spiro atoms. The number of allylic oxidation sites excluding steroid dienone is 2. The Morgan fingerprint density at radius 2 is 1.86 bits per heavy atom. The van der Waals surface area contributed by atoms with Crippen LogP contribution in [0, 0.1) is 0 Å². The van der Waals surface area contributed by atoms with Crippen molar-refractivity contribution >= 4 is 23.5 Å². The third-order valence-electron chi connectivity index (χ3n) is 4.89.